The number of furan rings is 1. The van der Waals surface area contributed by atoms with Crippen molar-refractivity contribution in [2.45, 2.75) is 33.4 Å². The molecule has 1 atom stereocenters. The van der Waals surface area contributed by atoms with Crippen LogP contribution in [0.3, 0.4) is 0 Å². The summed E-state index contributed by atoms with van der Waals surface area (Å²) in [6.07, 6.45) is 1.72. The molecule has 1 aliphatic rings. The molecule has 0 radical (unpaired) electrons. The van der Waals surface area contributed by atoms with Crippen molar-refractivity contribution in [3.05, 3.63) is 59.5 Å². The average Bonchev–Trinajstić information content (AvgIpc) is 3.14. The fourth-order valence-electron chi connectivity index (χ4n) is 3.46. The Kier molecular flexibility index (Phi) is 6.69. The van der Waals surface area contributed by atoms with Crippen LogP contribution >= 0.6 is 0 Å². The SMILES string of the molecule is Cc1ccc(C(=O)N(CC(C)C)CC2CN(Cc3ccco3)CCO2)cc1. The van der Waals surface area contributed by atoms with Crippen molar-refractivity contribution >= 4 is 5.91 Å². The topological polar surface area (TPSA) is 45.9 Å². The quantitative estimate of drug-likeness (QED) is 0.747. The summed E-state index contributed by atoms with van der Waals surface area (Å²) in [7, 11) is 0. The van der Waals surface area contributed by atoms with Crippen molar-refractivity contribution in [3.8, 4) is 0 Å². The summed E-state index contributed by atoms with van der Waals surface area (Å²) in [5.74, 6) is 1.45. The Bertz CT molecular complexity index is 710. The van der Waals surface area contributed by atoms with E-state index >= 15 is 0 Å². The van der Waals surface area contributed by atoms with Gasteiger partial charge in [0.1, 0.15) is 5.76 Å². The van der Waals surface area contributed by atoms with Crippen molar-refractivity contribution in [2.75, 3.05) is 32.8 Å². The lowest BCUT2D eigenvalue weighted by molar-refractivity contribution is -0.0452. The van der Waals surface area contributed by atoms with Crippen LogP contribution in [0.15, 0.2) is 47.1 Å². The number of morpholine rings is 1. The van der Waals surface area contributed by atoms with Crippen molar-refractivity contribution in [1.82, 2.24) is 9.80 Å². The monoisotopic (exact) mass is 370 g/mol. The molecule has 1 fully saturated rings. The zero-order chi connectivity index (χ0) is 19.2. The number of hydrogen-bond donors (Lipinski definition) is 0. The smallest absolute Gasteiger partial charge is 0.253 e. The second-order valence-electron chi connectivity index (χ2n) is 7.78. The molecule has 1 unspecified atom stereocenters. The highest BCUT2D eigenvalue weighted by Gasteiger charge is 2.26. The molecule has 0 spiro atoms. The average molecular weight is 370 g/mol. The van der Waals surface area contributed by atoms with Crippen LogP contribution in [0.2, 0.25) is 0 Å². The molecule has 0 aliphatic carbocycles. The maximum Gasteiger partial charge on any atom is 0.253 e. The Morgan fingerprint density at radius 3 is 2.70 bits per heavy atom. The highest BCUT2D eigenvalue weighted by molar-refractivity contribution is 5.94. The Hall–Kier alpha value is -2.11. The van der Waals surface area contributed by atoms with E-state index in [2.05, 4.69) is 18.7 Å². The zero-order valence-electron chi connectivity index (χ0n) is 16.6. The third-order valence-corrected chi connectivity index (χ3v) is 4.78. The van der Waals surface area contributed by atoms with E-state index in [1.165, 1.54) is 0 Å². The van der Waals surface area contributed by atoms with E-state index in [1.54, 1.807) is 6.26 Å². The van der Waals surface area contributed by atoms with Gasteiger partial charge in [0.05, 0.1) is 25.5 Å². The van der Waals surface area contributed by atoms with Gasteiger partial charge in [0, 0.05) is 31.7 Å². The van der Waals surface area contributed by atoms with Gasteiger partial charge >= 0.3 is 0 Å². The largest absolute Gasteiger partial charge is 0.468 e. The molecule has 1 aliphatic heterocycles. The van der Waals surface area contributed by atoms with E-state index in [0.717, 1.165) is 43.1 Å². The molecule has 0 bridgehead atoms. The number of ether oxygens (including phenoxy) is 1. The van der Waals surface area contributed by atoms with E-state index in [0.29, 0.717) is 19.1 Å². The van der Waals surface area contributed by atoms with Gasteiger partial charge in [0.2, 0.25) is 0 Å². The Morgan fingerprint density at radius 2 is 2.04 bits per heavy atom. The Labute approximate surface area is 161 Å². The highest BCUT2D eigenvalue weighted by atomic mass is 16.5. The van der Waals surface area contributed by atoms with Crippen LogP contribution in [0.4, 0.5) is 0 Å². The number of aryl methyl sites for hydroxylation is 1. The first-order valence-electron chi connectivity index (χ1n) is 9.73. The van der Waals surface area contributed by atoms with Gasteiger partial charge in [-0.15, -0.1) is 0 Å². The summed E-state index contributed by atoms with van der Waals surface area (Å²) in [6.45, 7) is 10.8. The van der Waals surface area contributed by atoms with E-state index in [9.17, 15) is 4.79 Å². The summed E-state index contributed by atoms with van der Waals surface area (Å²) in [5, 5.41) is 0. The van der Waals surface area contributed by atoms with Gasteiger partial charge in [-0.2, -0.15) is 0 Å². The molecule has 0 saturated carbocycles. The molecule has 5 heteroatoms. The number of carbonyl (C=O) groups is 1. The molecule has 5 nitrogen and oxygen atoms in total. The molecule has 146 valence electrons. The summed E-state index contributed by atoms with van der Waals surface area (Å²) in [4.78, 5) is 17.3. The molecule has 1 amide bonds. The number of nitrogens with zero attached hydrogens (tertiary/aromatic N) is 2. The lowest BCUT2D eigenvalue weighted by Gasteiger charge is -2.36. The van der Waals surface area contributed by atoms with Crippen LogP contribution in [-0.4, -0.2) is 54.6 Å². The standard InChI is InChI=1S/C22H30N2O3/c1-17(2)13-24(22(25)19-8-6-18(3)7-9-19)16-21-15-23(10-12-27-21)14-20-5-4-11-26-20/h4-9,11,17,21H,10,12-16H2,1-3H3. The highest BCUT2D eigenvalue weighted by Crippen LogP contribution is 2.15. The van der Waals surface area contributed by atoms with Crippen molar-refractivity contribution in [3.63, 3.8) is 0 Å². The molecular formula is C22H30N2O3. The predicted molar refractivity (Wildman–Crippen MR) is 106 cm³/mol. The predicted octanol–water partition coefficient (Wildman–Crippen LogP) is 3.59. The van der Waals surface area contributed by atoms with Gasteiger partial charge in [-0.3, -0.25) is 9.69 Å². The fraction of sp³-hybridized carbons (Fsp3) is 0.500. The lowest BCUT2D eigenvalue weighted by Crippen LogP contribution is -2.49. The van der Waals surface area contributed by atoms with Crippen molar-refractivity contribution in [2.24, 2.45) is 5.92 Å². The number of amides is 1. The van der Waals surface area contributed by atoms with Crippen LogP contribution < -0.4 is 0 Å². The number of rotatable bonds is 7. The van der Waals surface area contributed by atoms with Crippen molar-refractivity contribution in [1.29, 1.82) is 0 Å². The van der Waals surface area contributed by atoms with Gasteiger partial charge < -0.3 is 14.1 Å². The van der Waals surface area contributed by atoms with Crippen LogP contribution in [0.25, 0.3) is 0 Å². The first kappa shape index (κ1) is 19.6. The fourth-order valence-corrected chi connectivity index (χ4v) is 3.46. The molecule has 1 saturated heterocycles. The van der Waals surface area contributed by atoms with Gasteiger partial charge in [0.25, 0.3) is 5.91 Å². The lowest BCUT2D eigenvalue weighted by atomic mass is 10.1. The van der Waals surface area contributed by atoms with Gasteiger partial charge in [-0.1, -0.05) is 31.5 Å². The first-order valence-corrected chi connectivity index (χ1v) is 9.73. The van der Waals surface area contributed by atoms with E-state index < -0.39 is 0 Å². The normalized spacial score (nSPS) is 18.0. The minimum atomic E-state index is 0.0156. The molecule has 1 aromatic heterocycles. The van der Waals surface area contributed by atoms with Crippen molar-refractivity contribution < 1.29 is 13.9 Å². The van der Waals surface area contributed by atoms with Gasteiger partial charge in [-0.05, 0) is 37.1 Å². The Morgan fingerprint density at radius 1 is 1.26 bits per heavy atom. The third-order valence-electron chi connectivity index (χ3n) is 4.78. The minimum Gasteiger partial charge on any atom is -0.468 e. The molecular weight excluding hydrogens is 340 g/mol. The molecule has 0 N–H and O–H groups in total. The summed E-state index contributed by atoms with van der Waals surface area (Å²) in [5.41, 5.74) is 1.90. The van der Waals surface area contributed by atoms with Crippen LogP contribution in [-0.2, 0) is 11.3 Å². The molecule has 2 aromatic rings. The number of benzene rings is 1. The molecule has 2 heterocycles. The van der Waals surface area contributed by atoms with Crippen LogP contribution in [0.5, 0.6) is 0 Å². The van der Waals surface area contributed by atoms with Gasteiger partial charge in [-0.25, -0.2) is 0 Å². The van der Waals surface area contributed by atoms with Crippen LogP contribution in [0.1, 0.15) is 35.5 Å². The molecule has 1 aromatic carbocycles. The van der Waals surface area contributed by atoms with Gasteiger partial charge in [0.15, 0.2) is 0 Å². The number of carbonyl (C=O) groups excluding carboxylic acids is 1. The number of hydrogen-bond acceptors (Lipinski definition) is 4. The Balaban J connectivity index is 1.64. The van der Waals surface area contributed by atoms with Crippen LogP contribution in [0, 0.1) is 12.8 Å². The summed E-state index contributed by atoms with van der Waals surface area (Å²) in [6, 6.07) is 11.7. The summed E-state index contributed by atoms with van der Waals surface area (Å²) < 4.78 is 11.4. The zero-order valence-corrected chi connectivity index (χ0v) is 16.6. The second-order valence-corrected chi connectivity index (χ2v) is 7.78. The van der Waals surface area contributed by atoms with E-state index in [-0.39, 0.29) is 12.0 Å². The second kappa shape index (κ2) is 9.20. The molecule has 27 heavy (non-hydrogen) atoms. The molecule has 3 rings (SSSR count). The van der Waals surface area contributed by atoms with E-state index in [4.69, 9.17) is 9.15 Å². The summed E-state index contributed by atoms with van der Waals surface area (Å²) >= 11 is 0. The third kappa shape index (κ3) is 5.68. The first-order chi connectivity index (χ1) is 13.0. The minimum absolute atomic E-state index is 0.0156. The van der Waals surface area contributed by atoms with E-state index in [1.807, 2.05) is 48.2 Å². The maximum atomic E-state index is 13.0. The maximum absolute atomic E-state index is 13.0.